The van der Waals surface area contributed by atoms with Crippen LogP contribution in [0.25, 0.3) is 11.0 Å². The second kappa shape index (κ2) is 9.51. The molecule has 2 aromatic heterocycles. The van der Waals surface area contributed by atoms with Gasteiger partial charge in [-0.05, 0) is 43.5 Å². The second-order valence-electron chi connectivity index (χ2n) is 7.90. The summed E-state index contributed by atoms with van der Waals surface area (Å²) in [5, 5.41) is 12.6. The normalized spacial score (nSPS) is 12.0. The molecular formula is C25H26N4O3. The molecule has 164 valence electrons. The number of fused-ring (bicyclic) bond motifs is 1. The summed E-state index contributed by atoms with van der Waals surface area (Å²) in [6, 6.07) is 20.2. The third-order valence-electron chi connectivity index (χ3n) is 5.46. The highest BCUT2D eigenvalue weighted by Crippen LogP contribution is 2.20. The Hall–Kier alpha value is -3.87. The van der Waals surface area contributed by atoms with Gasteiger partial charge >= 0.3 is 0 Å². The van der Waals surface area contributed by atoms with Crippen LogP contribution in [0.1, 0.15) is 36.0 Å². The van der Waals surface area contributed by atoms with Gasteiger partial charge in [0.1, 0.15) is 11.6 Å². The van der Waals surface area contributed by atoms with Crippen LogP contribution in [0.5, 0.6) is 5.75 Å². The first-order valence-electron chi connectivity index (χ1n) is 10.7. The maximum Gasteiger partial charge on any atom is 0.254 e. The van der Waals surface area contributed by atoms with Crippen molar-refractivity contribution in [1.29, 1.82) is 0 Å². The molecule has 0 radical (unpaired) electrons. The van der Waals surface area contributed by atoms with Crippen LogP contribution in [0.2, 0.25) is 0 Å². The average Bonchev–Trinajstić information content (AvgIpc) is 3.20. The minimum atomic E-state index is -0.296. The van der Waals surface area contributed by atoms with E-state index in [2.05, 4.69) is 15.3 Å². The number of aromatic nitrogens is 3. The fourth-order valence-electron chi connectivity index (χ4n) is 3.87. The van der Waals surface area contributed by atoms with E-state index in [9.17, 15) is 14.7 Å². The molecule has 3 N–H and O–H groups in total. The second-order valence-corrected chi connectivity index (χ2v) is 7.90. The number of para-hydroxylation sites is 2. The van der Waals surface area contributed by atoms with Gasteiger partial charge in [0, 0.05) is 24.7 Å². The molecule has 0 aliphatic rings. The number of aromatic amines is 1. The molecule has 0 aliphatic heterocycles. The van der Waals surface area contributed by atoms with Gasteiger partial charge in [-0.1, -0.05) is 42.5 Å². The third-order valence-corrected chi connectivity index (χ3v) is 5.46. The summed E-state index contributed by atoms with van der Waals surface area (Å²) >= 11 is 0. The number of hydrogen-bond acceptors (Lipinski definition) is 4. The number of hydrogen-bond donors (Lipinski definition) is 3. The smallest absolute Gasteiger partial charge is 0.254 e. The van der Waals surface area contributed by atoms with Crippen molar-refractivity contribution in [3.63, 3.8) is 0 Å². The molecule has 2 heterocycles. The summed E-state index contributed by atoms with van der Waals surface area (Å²) in [7, 11) is 0. The predicted molar refractivity (Wildman–Crippen MR) is 123 cm³/mol. The van der Waals surface area contributed by atoms with Crippen LogP contribution >= 0.6 is 0 Å². The molecule has 0 fully saturated rings. The van der Waals surface area contributed by atoms with Crippen molar-refractivity contribution in [2.75, 3.05) is 0 Å². The summed E-state index contributed by atoms with van der Waals surface area (Å²) in [4.78, 5) is 32.9. The van der Waals surface area contributed by atoms with Crippen molar-refractivity contribution < 1.29 is 9.90 Å². The molecule has 32 heavy (non-hydrogen) atoms. The Morgan fingerprint density at radius 2 is 1.88 bits per heavy atom. The van der Waals surface area contributed by atoms with Crippen molar-refractivity contribution in [3.05, 3.63) is 94.2 Å². The largest absolute Gasteiger partial charge is 0.508 e. The lowest BCUT2D eigenvalue weighted by molar-refractivity contribution is -0.122. The molecule has 7 heteroatoms. The number of aromatic hydroxyl groups is 1. The maximum atomic E-state index is 12.8. The van der Waals surface area contributed by atoms with Crippen LogP contribution in [-0.4, -0.2) is 25.5 Å². The van der Waals surface area contributed by atoms with E-state index in [0.29, 0.717) is 30.9 Å². The first kappa shape index (κ1) is 21.4. The third kappa shape index (κ3) is 5.06. The average molecular weight is 431 g/mol. The first-order chi connectivity index (χ1) is 15.5. The highest BCUT2D eigenvalue weighted by molar-refractivity contribution is 5.77. The monoisotopic (exact) mass is 430 g/mol. The molecule has 0 spiro atoms. The molecule has 7 nitrogen and oxygen atoms in total. The molecule has 0 saturated heterocycles. The fraction of sp³-hybridized carbons (Fsp3) is 0.240. The van der Waals surface area contributed by atoms with E-state index in [0.717, 1.165) is 16.6 Å². The summed E-state index contributed by atoms with van der Waals surface area (Å²) in [6.45, 7) is 2.17. The summed E-state index contributed by atoms with van der Waals surface area (Å²) in [6.07, 6.45) is 1.40. The van der Waals surface area contributed by atoms with E-state index >= 15 is 0 Å². The molecule has 1 atom stereocenters. The van der Waals surface area contributed by atoms with E-state index in [4.69, 9.17) is 0 Å². The quantitative estimate of drug-likeness (QED) is 0.397. The zero-order chi connectivity index (χ0) is 22.5. The molecule has 0 bridgehead atoms. The van der Waals surface area contributed by atoms with Crippen LogP contribution in [0.15, 0.2) is 71.5 Å². The number of imidazole rings is 1. The van der Waals surface area contributed by atoms with E-state index in [1.165, 1.54) is 6.07 Å². The Morgan fingerprint density at radius 3 is 2.62 bits per heavy atom. The van der Waals surface area contributed by atoms with Crippen molar-refractivity contribution in [2.45, 2.75) is 38.8 Å². The summed E-state index contributed by atoms with van der Waals surface area (Å²) < 4.78 is 1.56. The highest BCUT2D eigenvalue weighted by Gasteiger charge is 2.19. The lowest BCUT2D eigenvalue weighted by Crippen LogP contribution is -2.31. The van der Waals surface area contributed by atoms with Gasteiger partial charge in [0.2, 0.25) is 5.91 Å². The van der Waals surface area contributed by atoms with Crippen LogP contribution < -0.4 is 10.9 Å². The van der Waals surface area contributed by atoms with Gasteiger partial charge in [-0.2, -0.15) is 0 Å². The Bertz CT molecular complexity index is 1240. The fourth-order valence-corrected chi connectivity index (χ4v) is 3.87. The minimum absolute atomic E-state index is 0.0453. The number of carbonyl (C=O) groups excluding carboxylic acids is 1. The number of nitrogens with one attached hydrogen (secondary N) is 2. The van der Waals surface area contributed by atoms with E-state index in [1.807, 2.05) is 54.6 Å². The van der Waals surface area contributed by atoms with Gasteiger partial charge in [-0.3, -0.25) is 9.59 Å². The van der Waals surface area contributed by atoms with E-state index in [-0.39, 0.29) is 29.7 Å². The number of carbonyl (C=O) groups is 1. The number of amides is 1. The Labute approximate surface area is 185 Å². The van der Waals surface area contributed by atoms with Gasteiger partial charge in [-0.15, -0.1) is 0 Å². The number of nitrogens with zero attached hydrogens (tertiary/aromatic N) is 2. The van der Waals surface area contributed by atoms with Crippen molar-refractivity contribution in [3.8, 4) is 5.75 Å². The first-order valence-corrected chi connectivity index (χ1v) is 10.7. The van der Waals surface area contributed by atoms with Crippen molar-refractivity contribution in [1.82, 2.24) is 19.9 Å². The lowest BCUT2D eigenvalue weighted by Gasteiger charge is -2.17. The molecule has 1 amide bonds. The molecule has 4 rings (SSSR count). The molecular weight excluding hydrogens is 404 g/mol. The van der Waals surface area contributed by atoms with Gasteiger partial charge in [0.25, 0.3) is 5.56 Å². The number of H-pyrrole nitrogens is 1. The van der Waals surface area contributed by atoms with Crippen LogP contribution in [0.4, 0.5) is 0 Å². The Morgan fingerprint density at radius 1 is 1.12 bits per heavy atom. The Balaban J connectivity index is 1.45. The number of aryl methyl sites for hydroxylation is 1. The molecule has 0 aliphatic carbocycles. The maximum absolute atomic E-state index is 12.8. The molecule has 0 saturated carbocycles. The van der Waals surface area contributed by atoms with Gasteiger partial charge in [0.15, 0.2) is 0 Å². The topological polar surface area (TPSA) is 100 Å². The van der Waals surface area contributed by atoms with Crippen molar-refractivity contribution in [2.24, 2.45) is 0 Å². The van der Waals surface area contributed by atoms with E-state index < -0.39 is 0 Å². The lowest BCUT2D eigenvalue weighted by atomic mass is 10.1. The van der Waals surface area contributed by atoms with Crippen LogP contribution in [0.3, 0.4) is 0 Å². The Kier molecular flexibility index (Phi) is 6.35. The van der Waals surface area contributed by atoms with Gasteiger partial charge < -0.3 is 20.0 Å². The highest BCUT2D eigenvalue weighted by atomic mass is 16.3. The van der Waals surface area contributed by atoms with Crippen LogP contribution in [0, 0.1) is 6.92 Å². The molecule has 0 unspecified atom stereocenters. The predicted octanol–water partition coefficient (Wildman–Crippen LogP) is 3.62. The van der Waals surface area contributed by atoms with Crippen molar-refractivity contribution >= 4 is 16.9 Å². The van der Waals surface area contributed by atoms with Gasteiger partial charge in [0.05, 0.1) is 17.1 Å². The SMILES string of the molecule is Cc1cc(O)cc(=O)n1CCCC(=O)N[C@@H](Cc1ccccc1)c1nc2ccccc2[nH]1. The van der Waals surface area contributed by atoms with Gasteiger partial charge in [-0.25, -0.2) is 4.98 Å². The zero-order valence-corrected chi connectivity index (χ0v) is 17.9. The number of pyridine rings is 1. The minimum Gasteiger partial charge on any atom is -0.508 e. The van der Waals surface area contributed by atoms with E-state index in [1.54, 1.807) is 17.6 Å². The summed E-state index contributed by atoms with van der Waals surface area (Å²) in [5.41, 5.74) is 3.28. The standard InChI is InChI=1S/C25H26N4O3/c1-17-14-19(30)16-24(32)29(17)13-7-12-23(31)26-22(15-18-8-3-2-4-9-18)25-27-20-10-5-6-11-21(20)28-25/h2-6,8-11,14,16,22,30H,7,12-13,15H2,1H3,(H,26,31)(H,27,28)/t22-/m0/s1. The number of rotatable bonds is 8. The van der Waals surface area contributed by atoms with Crippen LogP contribution in [-0.2, 0) is 17.8 Å². The zero-order valence-electron chi connectivity index (χ0n) is 17.9. The molecule has 2 aromatic carbocycles. The summed E-state index contributed by atoms with van der Waals surface area (Å²) in [5.74, 6) is 0.570. The molecule has 4 aromatic rings. The number of benzene rings is 2.